The first-order chi connectivity index (χ1) is 20.1. The van der Waals surface area contributed by atoms with Gasteiger partial charge in [-0.3, -0.25) is 18.9 Å². The van der Waals surface area contributed by atoms with E-state index in [1.165, 1.54) is 22.5 Å². The lowest BCUT2D eigenvalue weighted by atomic mass is 10.1. The molecule has 2 saturated heterocycles. The molecule has 2 aliphatic heterocycles. The summed E-state index contributed by atoms with van der Waals surface area (Å²) in [5, 5.41) is 6.10. The van der Waals surface area contributed by atoms with Gasteiger partial charge in [0.25, 0.3) is 11.8 Å². The Morgan fingerprint density at radius 1 is 1.17 bits per heavy atom. The average Bonchev–Trinajstić information content (AvgIpc) is 3.31. The Morgan fingerprint density at radius 3 is 2.55 bits per heavy atom. The van der Waals surface area contributed by atoms with Crippen LogP contribution in [-0.4, -0.2) is 111 Å². The van der Waals surface area contributed by atoms with E-state index < -0.39 is 28.0 Å². The molecule has 0 saturated carbocycles. The largest absolute Gasteiger partial charge is 0.493 e. The highest BCUT2D eigenvalue weighted by atomic mass is 32.2. The summed E-state index contributed by atoms with van der Waals surface area (Å²) in [6.45, 7) is 8.33. The van der Waals surface area contributed by atoms with Gasteiger partial charge in [-0.2, -0.15) is 4.31 Å². The number of ether oxygens (including phenoxy) is 1. The van der Waals surface area contributed by atoms with Crippen molar-refractivity contribution in [3.8, 4) is 5.75 Å². The van der Waals surface area contributed by atoms with Gasteiger partial charge in [-0.05, 0) is 43.5 Å². The van der Waals surface area contributed by atoms with Crippen molar-refractivity contribution < 1.29 is 27.1 Å². The van der Waals surface area contributed by atoms with Crippen molar-refractivity contribution in [2.45, 2.75) is 37.8 Å². The third kappa shape index (κ3) is 6.78. The van der Waals surface area contributed by atoms with Gasteiger partial charge in [0.15, 0.2) is 0 Å². The molecule has 0 bridgehead atoms. The second-order valence-corrected chi connectivity index (χ2v) is 12.4. The maximum atomic E-state index is 14.1. The number of piperazine rings is 2. The number of rotatable bonds is 12. The van der Waals surface area contributed by atoms with Crippen LogP contribution in [0.2, 0.25) is 0 Å². The quantitative estimate of drug-likeness (QED) is 0.327. The summed E-state index contributed by atoms with van der Waals surface area (Å²) in [6.07, 6.45) is 2.36. The third-order valence-corrected chi connectivity index (χ3v) is 9.71. The van der Waals surface area contributed by atoms with Crippen LogP contribution < -0.4 is 21.1 Å². The molecule has 0 spiro atoms. The Bertz CT molecular complexity index is 1370. The second-order valence-electron chi connectivity index (χ2n) is 10.5. The molecule has 0 aliphatic carbocycles. The Hall–Kier alpha value is -3.04. The number of sulfonamides is 1. The van der Waals surface area contributed by atoms with Gasteiger partial charge in [0.2, 0.25) is 10.0 Å². The van der Waals surface area contributed by atoms with Crippen LogP contribution in [0.1, 0.15) is 46.7 Å². The van der Waals surface area contributed by atoms with Crippen LogP contribution in [0.25, 0.3) is 0 Å². The lowest BCUT2D eigenvalue weighted by molar-refractivity contribution is 0.0337. The Kier molecular flexibility index (Phi) is 10.6. The van der Waals surface area contributed by atoms with Crippen LogP contribution in [0, 0.1) is 0 Å². The summed E-state index contributed by atoms with van der Waals surface area (Å²) in [5.41, 5.74) is 6.79. The number of nitrogens with one attached hydrogen (secondary N) is 2. The lowest BCUT2D eigenvalue weighted by Gasteiger charge is -2.45. The molecular formula is C28H42FN7O5S. The van der Waals surface area contributed by atoms with E-state index in [0.29, 0.717) is 51.3 Å². The number of carbonyl (C=O) groups is 2. The molecule has 4 rings (SSSR count). The summed E-state index contributed by atoms with van der Waals surface area (Å²) in [6, 6.07) is 4.29. The van der Waals surface area contributed by atoms with Gasteiger partial charge in [-0.15, -0.1) is 0 Å². The average molecular weight is 608 g/mol. The van der Waals surface area contributed by atoms with Crippen LogP contribution in [0.3, 0.4) is 0 Å². The Labute approximate surface area is 247 Å². The van der Waals surface area contributed by atoms with Crippen LogP contribution in [0.5, 0.6) is 5.75 Å². The number of hydrogen-bond acceptors (Lipinski definition) is 8. The number of alkyl halides is 1. The second kappa shape index (κ2) is 14.0. The first-order valence-electron chi connectivity index (χ1n) is 14.4. The Balaban J connectivity index is 1.62. The molecule has 2 fully saturated rings. The summed E-state index contributed by atoms with van der Waals surface area (Å²) >= 11 is 0. The van der Waals surface area contributed by atoms with Crippen LogP contribution in [-0.2, 0) is 23.5 Å². The number of hydrogen-bond donors (Lipinski definition) is 3. The molecule has 0 radical (unpaired) electrons. The Morgan fingerprint density at radius 2 is 1.90 bits per heavy atom. The molecular weight excluding hydrogens is 565 g/mol. The molecule has 2 aromatic rings. The van der Waals surface area contributed by atoms with Crippen LogP contribution in [0.4, 0.5) is 10.1 Å². The summed E-state index contributed by atoms with van der Waals surface area (Å²) < 4.78 is 49.5. The van der Waals surface area contributed by atoms with Crippen LogP contribution >= 0.6 is 0 Å². The van der Waals surface area contributed by atoms with E-state index in [4.69, 9.17) is 10.5 Å². The van der Waals surface area contributed by atoms with Crippen molar-refractivity contribution in [3.63, 3.8) is 0 Å². The van der Waals surface area contributed by atoms with E-state index in [2.05, 4.69) is 20.4 Å². The molecule has 3 heterocycles. The normalized spacial score (nSPS) is 19.1. The molecule has 2 aliphatic rings. The lowest BCUT2D eigenvalue weighted by Crippen LogP contribution is -2.63. The number of anilines is 1. The van der Waals surface area contributed by atoms with Gasteiger partial charge in [0, 0.05) is 65.6 Å². The molecule has 1 aromatic carbocycles. The zero-order chi connectivity index (χ0) is 30.4. The van der Waals surface area contributed by atoms with Gasteiger partial charge in [-0.25, -0.2) is 8.42 Å². The minimum absolute atomic E-state index is 0.0245. The first kappa shape index (κ1) is 31.9. The number of nitrogens with two attached hydrogens (primary N) is 1. The number of nitrogens with zero attached hydrogens (tertiary/aromatic N) is 4. The molecule has 1 atom stereocenters. The molecule has 232 valence electrons. The zero-order valence-corrected chi connectivity index (χ0v) is 25.4. The van der Waals surface area contributed by atoms with E-state index >= 15 is 0 Å². The fourth-order valence-electron chi connectivity index (χ4n) is 5.67. The highest BCUT2D eigenvalue weighted by Crippen LogP contribution is 2.30. The number of halogens is 1. The molecule has 14 heteroatoms. The monoisotopic (exact) mass is 607 g/mol. The van der Waals surface area contributed by atoms with Gasteiger partial charge >= 0.3 is 0 Å². The van der Waals surface area contributed by atoms with Gasteiger partial charge in [0.05, 0.1) is 35.6 Å². The van der Waals surface area contributed by atoms with E-state index in [-0.39, 0.29) is 41.7 Å². The molecule has 42 heavy (non-hydrogen) atoms. The van der Waals surface area contributed by atoms with Crippen molar-refractivity contribution in [2.75, 3.05) is 71.0 Å². The van der Waals surface area contributed by atoms with E-state index in [0.717, 1.165) is 18.7 Å². The topological polar surface area (TPSA) is 142 Å². The first-order valence-corrected chi connectivity index (χ1v) is 15.9. The van der Waals surface area contributed by atoms with Gasteiger partial charge < -0.3 is 30.6 Å². The van der Waals surface area contributed by atoms with Gasteiger partial charge in [-0.1, -0.05) is 6.92 Å². The summed E-state index contributed by atoms with van der Waals surface area (Å²) in [4.78, 5) is 30.1. The summed E-state index contributed by atoms with van der Waals surface area (Å²) in [5.74, 6) is -1.08. The number of amides is 2. The fraction of sp³-hybridized carbons (Fsp3) is 0.571. The third-order valence-electron chi connectivity index (χ3n) is 7.82. The predicted molar refractivity (Wildman–Crippen MR) is 158 cm³/mol. The molecule has 2 amide bonds. The minimum atomic E-state index is -4.00. The van der Waals surface area contributed by atoms with Crippen molar-refractivity contribution in [2.24, 2.45) is 12.8 Å². The maximum absolute atomic E-state index is 14.1. The summed E-state index contributed by atoms with van der Waals surface area (Å²) in [7, 11) is -2.34. The zero-order valence-electron chi connectivity index (χ0n) is 24.6. The fourth-order valence-corrected chi connectivity index (χ4v) is 7.31. The van der Waals surface area contributed by atoms with Crippen molar-refractivity contribution >= 4 is 27.5 Å². The van der Waals surface area contributed by atoms with Crippen molar-refractivity contribution in [1.29, 1.82) is 0 Å². The molecule has 12 nitrogen and oxygen atoms in total. The highest BCUT2D eigenvalue weighted by Gasteiger charge is 2.38. The number of benzene rings is 1. The van der Waals surface area contributed by atoms with Gasteiger partial charge in [0.1, 0.15) is 11.4 Å². The highest BCUT2D eigenvalue weighted by molar-refractivity contribution is 7.89. The number of carbonyl (C=O) groups excluding carboxylic acids is 2. The van der Waals surface area contributed by atoms with E-state index in [1.54, 1.807) is 24.7 Å². The predicted octanol–water partition coefficient (Wildman–Crippen LogP) is 1.23. The van der Waals surface area contributed by atoms with E-state index in [1.807, 2.05) is 6.92 Å². The molecule has 1 unspecified atom stereocenters. The van der Waals surface area contributed by atoms with Crippen LogP contribution in [0.15, 0.2) is 29.3 Å². The SMILES string of the molecule is CCOc1ccc(S(=O)(=O)N2CCNCC2N2CCN(CCCF)CC2)cc1C(=O)Nc1c(CC)cn(C)c1C(N)=O. The van der Waals surface area contributed by atoms with Crippen molar-refractivity contribution in [3.05, 3.63) is 41.2 Å². The van der Waals surface area contributed by atoms with E-state index in [9.17, 15) is 22.4 Å². The molecule has 4 N–H and O–H groups in total. The number of primary amides is 1. The standard InChI is InChI=1S/C28H42FN7O5S/c1-4-20-19-33(3)26(27(30)37)25(20)32-28(38)22-17-21(7-8-23(22)41-5-2)42(39,40)36-12-10-31-18-24(36)35-15-13-34(14-16-35)11-6-9-29/h7-8,17,19,24,31H,4-6,9-16,18H2,1-3H3,(H2,30,37)(H,32,38). The maximum Gasteiger partial charge on any atom is 0.267 e. The van der Waals surface area contributed by atoms with Crippen molar-refractivity contribution in [1.82, 2.24) is 24.0 Å². The molecule has 1 aromatic heterocycles. The minimum Gasteiger partial charge on any atom is -0.493 e. The smallest absolute Gasteiger partial charge is 0.267 e. The number of aromatic nitrogens is 1. The number of aryl methyl sites for hydroxylation is 2.